The van der Waals surface area contributed by atoms with Crippen molar-refractivity contribution < 1.29 is 0 Å². The molecule has 4 rings (SSSR count). The second kappa shape index (κ2) is 7.05. The summed E-state index contributed by atoms with van der Waals surface area (Å²) in [6.45, 7) is 1.86. The minimum Gasteiger partial charge on any atom is -0.324 e. The SMILES string of the molecule is Cc1ncn(-c2ccc(Nc3nccc(-c4cccc(Br)c4)n3)cc2)n1. The van der Waals surface area contributed by atoms with Crippen LogP contribution in [0.2, 0.25) is 0 Å². The molecule has 0 aliphatic carbocycles. The summed E-state index contributed by atoms with van der Waals surface area (Å²) in [5.41, 5.74) is 3.73. The quantitative estimate of drug-likeness (QED) is 0.538. The first-order valence-electron chi connectivity index (χ1n) is 8.02. The van der Waals surface area contributed by atoms with Gasteiger partial charge in [-0.05, 0) is 49.4 Å². The summed E-state index contributed by atoms with van der Waals surface area (Å²) in [5, 5.41) is 7.54. The lowest BCUT2D eigenvalue weighted by atomic mass is 10.1. The fraction of sp³-hybridized carbons (Fsp3) is 0.0526. The molecule has 0 unspecified atom stereocenters. The monoisotopic (exact) mass is 406 g/mol. The first-order chi connectivity index (χ1) is 12.7. The number of halogens is 1. The molecule has 0 fully saturated rings. The number of benzene rings is 2. The average molecular weight is 407 g/mol. The summed E-state index contributed by atoms with van der Waals surface area (Å²) in [4.78, 5) is 13.0. The van der Waals surface area contributed by atoms with Gasteiger partial charge < -0.3 is 5.32 Å². The zero-order chi connectivity index (χ0) is 17.9. The molecule has 0 saturated heterocycles. The number of rotatable bonds is 4. The molecular formula is C19H15BrN6. The third kappa shape index (κ3) is 3.62. The molecule has 0 saturated carbocycles. The Morgan fingerprint density at radius 3 is 2.58 bits per heavy atom. The van der Waals surface area contributed by atoms with E-state index in [-0.39, 0.29) is 0 Å². The molecule has 2 heterocycles. The second-order valence-corrected chi connectivity index (χ2v) is 6.60. The van der Waals surface area contributed by atoms with Crippen molar-refractivity contribution in [1.29, 1.82) is 0 Å². The van der Waals surface area contributed by atoms with Crippen LogP contribution in [0.25, 0.3) is 16.9 Å². The zero-order valence-corrected chi connectivity index (χ0v) is 15.6. The second-order valence-electron chi connectivity index (χ2n) is 5.68. The van der Waals surface area contributed by atoms with Crippen LogP contribution in [0.15, 0.2) is 71.6 Å². The maximum Gasteiger partial charge on any atom is 0.227 e. The average Bonchev–Trinajstić information content (AvgIpc) is 3.09. The van der Waals surface area contributed by atoms with E-state index in [9.17, 15) is 0 Å². The Balaban J connectivity index is 1.55. The third-order valence-corrected chi connectivity index (χ3v) is 4.26. The maximum absolute atomic E-state index is 4.59. The van der Waals surface area contributed by atoms with Crippen LogP contribution in [-0.2, 0) is 0 Å². The van der Waals surface area contributed by atoms with Crippen molar-refractivity contribution in [2.24, 2.45) is 0 Å². The molecule has 7 heteroatoms. The van der Waals surface area contributed by atoms with Crippen LogP contribution in [0.4, 0.5) is 11.6 Å². The summed E-state index contributed by atoms with van der Waals surface area (Å²) in [5.74, 6) is 1.29. The minimum atomic E-state index is 0.548. The first kappa shape index (κ1) is 16.4. The predicted molar refractivity (Wildman–Crippen MR) is 105 cm³/mol. The number of nitrogens with zero attached hydrogens (tertiary/aromatic N) is 5. The van der Waals surface area contributed by atoms with E-state index >= 15 is 0 Å². The molecule has 4 aromatic rings. The summed E-state index contributed by atoms with van der Waals surface area (Å²) >= 11 is 3.49. The van der Waals surface area contributed by atoms with Gasteiger partial charge in [-0.1, -0.05) is 28.1 Å². The summed E-state index contributed by atoms with van der Waals surface area (Å²) < 4.78 is 2.76. The highest BCUT2D eigenvalue weighted by molar-refractivity contribution is 9.10. The summed E-state index contributed by atoms with van der Waals surface area (Å²) in [6, 6.07) is 17.8. The van der Waals surface area contributed by atoms with E-state index in [2.05, 4.69) is 41.3 Å². The molecule has 0 amide bonds. The van der Waals surface area contributed by atoms with Gasteiger partial charge >= 0.3 is 0 Å². The van der Waals surface area contributed by atoms with Gasteiger partial charge in [-0.3, -0.25) is 0 Å². The van der Waals surface area contributed by atoms with Crippen molar-refractivity contribution in [1.82, 2.24) is 24.7 Å². The largest absolute Gasteiger partial charge is 0.324 e. The number of hydrogen-bond acceptors (Lipinski definition) is 5. The molecule has 0 atom stereocenters. The van der Waals surface area contributed by atoms with Crippen LogP contribution in [0, 0.1) is 6.92 Å². The van der Waals surface area contributed by atoms with Crippen molar-refractivity contribution in [3.63, 3.8) is 0 Å². The van der Waals surface area contributed by atoms with Crippen LogP contribution in [0.1, 0.15) is 5.82 Å². The van der Waals surface area contributed by atoms with Gasteiger partial charge in [0.15, 0.2) is 0 Å². The smallest absolute Gasteiger partial charge is 0.227 e. The number of nitrogens with one attached hydrogen (secondary N) is 1. The maximum atomic E-state index is 4.59. The van der Waals surface area contributed by atoms with Crippen LogP contribution in [0.5, 0.6) is 0 Å². The van der Waals surface area contributed by atoms with Crippen LogP contribution in [0.3, 0.4) is 0 Å². The minimum absolute atomic E-state index is 0.548. The summed E-state index contributed by atoms with van der Waals surface area (Å²) in [6.07, 6.45) is 3.44. The topological polar surface area (TPSA) is 68.5 Å². The van der Waals surface area contributed by atoms with Gasteiger partial charge in [-0.25, -0.2) is 19.6 Å². The highest BCUT2D eigenvalue weighted by atomic mass is 79.9. The van der Waals surface area contributed by atoms with E-state index < -0.39 is 0 Å². The first-order valence-corrected chi connectivity index (χ1v) is 8.81. The van der Waals surface area contributed by atoms with Crippen molar-refractivity contribution in [2.75, 3.05) is 5.32 Å². The summed E-state index contributed by atoms with van der Waals surface area (Å²) in [7, 11) is 0. The predicted octanol–water partition coefficient (Wildman–Crippen LogP) is 4.54. The van der Waals surface area contributed by atoms with Crippen LogP contribution < -0.4 is 5.32 Å². The Hall–Kier alpha value is -3.06. The molecule has 6 nitrogen and oxygen atoms in total. The molecule has 0 bridgehead atoms. The number of hydrogen-bond donors (Lipinski definition) is 1. The van der Waals surface area contributed by atoms with E-state index in [4.69, 9.17) is 0 Å². The van der Waals surface area contributed by atoms with E-state index in [1.54, 1.807) is 17.2 Å². The molecule has 1 N–H and O–H groups in total. The standard InChI is InChI=1S/C19H15BrN6/c1-13-22-12-26(25-13)17-7-5-16(6-8-17)23-19-21-10-9-18(24-19)14-3-2-4-15(20)11-14/h2-12H,1H3,(H,21,23,24). The Bertz CT molecular complexity index is 1040. The lowest BCUT2D eigenvalue weighted by Gasteiger charge is -2.08. The number of aromatic nitrogens is 5. The number of anilines is 2. The molecule has 2 aromatic carbocycles. The highest BCUT2D eigenvalue weighted by Crippen LogP contribution is 2.23. The number of aryl methyl sites for hydroxylation is 1. The van der Waals surface area contributed by atoms with Gasteiger partial charge in [0, 0.05) is 21.9 Å². The molecular weight excluding hydrogens is 392 g/mol. The lowest BCUT2D eigenvalue weighted by molar-refractivity contribution is 0.863. The van der Waals surface area contributed by atoms with Gasteiger partial charge in [0.25, 0.3) is 0 Å². The molecule has 0 spiro atoms. The van der Waals surface area contributed by atoms with E-state index in [0.717, 1.165) is 32.9 Å². The molecule has 0 aliphatic heterocycles. The van der Waals surface area contributed by atoms with E-state index in [0.29, 0.717) is 5.95 Å². The third-order valence-electron chi connectivity index (χ3n) is 3.77. The Morgan fingerprint density at radius 1 is 1.00 bits per heavy atom. The van der Waals surface area contributed by atoms with Gasteiger partial charge in [-0.2, -0.15) is 5.10 Å². The van der Waals surface area contributed by atoms with Crippen LogP contribution in [-0.4, -0.2) is 24.7 Å². The van der Waals surface area contributed by atoms with Crippen molar-refractivity contribution in [2.45, 2.75) is 6.92 Å². The molecule has 0 aliphatic rings. The molecule has 26 heavy (non-hydrogen) atoms. The van der Waals surface area contributed by atoms with Gasteiger partial charge in [0.05, 0.1) is 11.4 Å². The van der Waals surface area contributed by atoms with Gasteiger partial charge in [0.2, 0.25) is 5.95 Å². The fourth-order valence-corrected chi connectivity index (χ4v) is 2.92. The zero-order valence-electron chi connectivity index (χ0n) is 14.0. The van der Waals surface area contributed by atoms with Crippen molar-refractivity contribution in [3.05, 3.63) is 77.4 Å². The fourth-order valence-electron chi connectivity index (χ4n) is 2.52. The Morgan fingerprint density at radius 2 is 1.85 bits per heavy atom. The van der Waals surface area contributed by atoms with E-state index in [1.165, 1.54) is 0 Å². The normalized spacial score (nSPS) is 10.7. The molecule has 0 radical (unpaired) electrons. The molecule has 2 aromatic heterocycles. The van der Waals surface area contributed by atoms with Crippen LogP contribution >= 0.6 is 15.9 Å². The van der Waals surface area contributed by atoms with Crippen molar-refractivity contribution >= 4 is 27.6 Å². The Labute approximate surface area is 159 Å². The van der Waals surface area contributed by atoms with Crippen molar-refractivity contribution in [3.8, 4) is 16.9 Å². The lowest BCUT2D eigenvalue weighted by Crippen LogP contribution is -1.99. The van der Waals surface area contributed by atoms with Gasteiger partial charge in [-0.15, -0.1) is 0 Å². The van der Waals surface area contributed by atoms with E-state index in [1.807, 2.05) is 61.5 Å². The molecule has 128 valence electrons. The highest BCUT2D eigenvalue weighted by Gasteiger charge is 2.04. The Kier molecular flexibility index (Phi) is 4.45. The van der Waals surface area contributed by atoms with Gasteiger partial charge in [0.1, 0.15) is 12.2 Å².